The van der Waals surface area contributed by atoms with Gasteiger partial charge in [0.05, 0.1) is 14.9 Å². The molecule has 4 aromatic rings. The van der Waals surface area contributed by atoms with Crippen LogP contribution in [-0.4, -0.2) is 15.0 Å². The predicted octanol–water partition coefficient (Wildman–Crippen LogP) is 3.39. The van der Waals surface area contributed by atoms with E-state index in [2.05, 4.69) is 27.1 Å². The Morgan fingerprint density at radius 2 is 1.94 bits per heavy atom. The summed E-state index contributed by atoms with van der Waals surface area (Å²) in [6.07, 6.45) is 3.42. The fraction of sp³-hybridized carbons (Fsp3) is 0. The second-order valence-corrected chi connectivity index (χ2v) is 4.95. The predicted molar refractivity (Wildman–Crippen MR) is 70.2 cm³/mol. The highest BCUT2D eigenvalue weighted by Crippen LogP contribution is 2.32. The molecule has 0 aliphatic carbocycles. The van der Waals surface area contributed by atoms with E-state index in [-0.39, 0.29) is 0 Å². The van der Waals surface area contributed by atoms with Gasteiger partial charge in [-0.25, -0.2) is 15.0 Å². The summed E-state index contributed by atoms with van der Waals surface area (Å²) in [4.78, 5) is 13.0. The number of fused-ring (bicyclic) bond motifs is 4. The van der Waals surface area contributed by atoms with Crippen LogP contribution in [-0.2, 0) is 0 Å². The van der Waals surface area contributed by atoms with Crippen molar-refractivity contribution in [2.24, 2.45) is 0 Å². The molecule has 3 heterocycles. The molecule has 0 spiro atoms. The number of nitrogens with zero attached hydrogens (tertiary/aromatic N) is 3. The van der Waals surface area contributed by atoms with Crippen LogP contribution in [0.1, 0.15) is 0 Å². The molecule has 80 valence electrons. The van der Waals surface area contributed by atoms with Gasteiger partial charge in [0, 0.05) is 11.6 Å². The lowest BCUT2D eigenvalue weighted by Crippen LogP contribution is -1.80. The van der Waals surface area contributed by atoms with E-state index in [1.165, 1.54) is 10.1 Å². The Hall–Kier alpha value is -2.07. The van der Waals surface area contributed by atoms with E-state index < -0.39 is 0 Å². The van der Waals surface area contributed by atoms with Gasteiger partial charge < -0.3 is 0 Å². The minimum absolute atomic E-state index is 0.950. The molecule has 0 radical (unpaired) electrons. The maximum atomic E-state index is 4.69. The van der Waals surface area contributed by atoms with E-state index in [0.29, 0.717) is 0 Å². The summed E-state index contributed by atoms with van der Waals surface area (Å²) in [5.41, 5.74) is 2.94. The number of benzene rings is 1. The first kappa shape index (κ1) is 9.01. The summed E-state index contributed by atoms with van der Waals surface area (Å²) in [5, 5.41) is 1.17. The van der Waals surface area contributed by atoms with E-state index in [9.17, 15) is 0 Å². The first-order chi connectivity index (χ1) is 8.42. The molecule has 0 saturated heterocycles. The van der Waals surface area contributed by atoms with Crippen LogP contribution in [0.2, 0.25) is 0 Å². The molecular weight excluding hydrogens is 230 g/mol. The van der Waals surface area contributed by atoms with Crippen LogP contribution in [0.15, 0.2) is 42.9 Å². The Morgan fingerprint density at radius 3 is 2.94 bits per heavy atom. The highest BCUT2D eigenvalue weighted by Gasteiger charge is 2.08. The van der Waals surface area contributed by atoms with Crippen LogP contribution in [0.5, 0.6) is 0 Å². The summed E-state index contributed by atoms with van der Waals surface area (Å²) in [6.45, 7) is 0. The van der Waals surface area contributed by atoms with Crippen molar-refractivity contribution in [2.45, 2.75) is 0 Å². The number of aromatic nitrogens is 3. The number of rotatable bonds is 0. The number of hydrogen-bond donors (Lipinski definition) is 0. The summed E-state index contributed by atoms with van der Waals surface area (Å²) in [5.74, 6) is 0. The zero-order chi connectivity index (χ0) is 11.2. The largest absolute Gasteiger partial charge is 0.245 e. The highest BCUT2D eigenvalue weighted by molar-refractivity contribution is 7.25. The van der Waals surface area contributed by atoms with Crippen molar-refractivity contribution < 1.29 is 0 Å². The Bertz CT molecular complexity index is 845. The smallest absolute Gasteiger partial charge is 0.116 e. The lowest BCUT2D eigenvalue weighted by atomic mass is 10.2. The molecule has 0 unspecified atom stereocenters. The fourth-order valence-corrected chi connectivity index (χ4v) is 3.05. The van der Waals surface area contributed by atoms with Gasteiger partial charge in [-0.2, -0.15) is 0 Å². The Morgan fingerprint density at radius 1 is 1.00 bits per heavy atom. The van der Waals surface area contributed by atoms with Crippen LogP contribution in [0.3, 0.4) is 0 Å². The third kappa shape index (κ3) is 1.24. The zero-order valence-electron chi connectivity index (χ0n) is 8.79. The Labute approximate surface area is 101 Å². The van der Waals surface area contributed by atoms with E-state index >= 15 is 0 Å². The molecule has 0 aliphatic heterocycles. The van der Waals surface area contributed by atoms with Crippen molar-refractivity contribution in [1.82, 2.24) is 15.0 Å². The Kier molecular flexibility index (Phi) is 1.70. The van der Waals surface area contributed by atoms with Crippen molar-refractivity contribution in [1.29, 1.82) is 0 Å². The van der Waals surface area contributed by atoms with E-state index in [4.69, 9.17) is 0 Å². The van der Waals surface area contributed by atoms with E-state index in [1.807, 2.05) is 24.4 Å². The average molecular weight is 237 g/mol. The van der Waals surface area contributed by atoms with Crippen molar-refractivity contribution in [3.8, 4) is 0 Å². The van der Waals surface area contributed by atoms with Gasteiger partial charge in [0.15, 0.2) is 0 Å². The first-order valence-electron chi connectivity index (χ1n) is 5.30. The number of hydrogen-bond acceptors (Lipinski definition) is 4. The maximum absolute atomic E-state index is 4.69. The quantitative estimate of drug-likeness (QED) is 0.470. The topological polar surface area (TPSA) is 38.7 Å². The van der Waals surface area contributed by atoms with E-state index in [1.54, 1.807) is 17.7 Å². The molecule has 0 bridgehead atoms. The molecule has 0 aliphatic rings. The third-order valence-electron chi connectivity index (χ3n) is 2.81. The van der Waals surface area contributed by atoms with Gasteiger partial charge in [-0.1, -0.05) is 18.2 Å². The zero-order valence-corrected chi connectivity index (χ0v) is 9.61. The molecule has 0 fully saturated rings. The first-order valence-corrected chi connectivity index (χ1v) is 6.11. The molecule has 0 atom stereocenters. The third-order valence-corrected chi connectivity index (χ3v) is 3.86. The van der Waals surface area contributed by atoms with Crippen LogP contribution in [0.4, 0.5) is 0 Å². The fourth-order valence-electron chi connectivity index (χ4n) is 2.03. The van der Waals surface area contributed by atoms with Gasteiger partial charge in [-0.05, 0) is 12.1 Å². The number of pyridine rings is 1. The van der Waals surface area contributed by atoms with Crippen LogP contribution in [0, 0.1) is 0 Å². The summed E-state index contributed by atoms with van der Waals surface area (Å²) in [7, 11) is 0. The Balaban J connectivity index is 2.28. The van der Waals surface area contributed by atoms with Crippen molar-refractivity contribution in [3.05, 3.63) is 42.9 Å². The molecular formula is C13H7N3S. The van der Waals surface area contributed by atoms with Gasteiger partial charge in [0.1, 0.15) is 17.4 Å². The average Bonchev–Trinajstić information content (AvgIpc) is 2.73. The molecule has 17 heavy (non-hydrogen) atoms. The molecule has 0 amide bonds. The van der Waals surface area contributed by atoms with Crippen LogP contribution >= 0.6 is 11.3 Å². The number of para-hydroxylation sites is 1. The van der Waals surface area contributed by atoms with Gasteiger partial charge >= 0.3 is 0 Å². The van der Waals surface area contributed by atoms with Gasteiger partial charge in [-0.15, -0.1) is 11.3 Å². The molecule has 0 saturated carbocycles. The van der Waals surface area contributed by atoms with Crippen molar-refractivity contribution in [2.75, 3.05) is 0 Å². The minimum atomic E-state index is 0.950. The lowest BCUT2D eigenvalue weighted by molar-refractivity contribution is 1.23. The minimum Gasteiger partial charge on any atom is -0.245 e. The van der Waals surface area contributed by atoms with Crippen molar-refractivity contribution in [3.63, 3.8) is 0 Å². The maximum Gasteiger partial charge on any atom is 0.116 e. The molecule has 4 heteroatoms. The van der Waals surface area contributed by atoms with Crippen LogP contribution < -0.4 is 0 Å². The van der Waals surface area contributed by atoms with Gasteiger partial charge in [-0.3, -0.25) is 0 Å². The lowest BCUT2D eigenvalue weighted by Gasteiger charge is -1.96. The molecule has 3 aromatic heterocycles. The molecule has 1 aromatic carbocycles. The number of thiophene rings is 1. The van der Waals surface area contributed by atoms with Crippen LogP contribution in [0.25, 0.3) is 31.3 Å². The summed E-state index contributed by atoms with van der Waals surface area (Å²) in [6, 6.07) is 10.3. The molecule has 0 N–H and O–H groups in total. The van der Waals surface area contributed by atoms with E-state index in [0.717, 1.165) is 21.3 Å². The highest BCUT2D eigenvalue weighted by atomic mass is 32.1. The molecule has 4 rings (SSSR count). The second kappa shape index (κ2) is 3.21. The molecule has 3 nitrogen and oxygen atoms in total. The monoisotopic (exact) mass is 237 g/mol. The SMILES string of the molecule is c1ccc2nc3c(cc2c1)sc1cncnc13. The van der Waals surface area contributed by atoms with Gasteiger partial charge in [0.25, 0.3) is 0 Å². The normalized spacial score (nSPS) is 11.5. The van der Waals surface area contributed by atoms with Gasteiger partial charge in [0.2, 0.25) is 0 Å². The second-order valence-electron chi connectivity index (χ2n) is 3.87. The van der Waals surface area contributed by atoms with Crippen molar-refractivity contribution >= 4 is 42.7 Å². The summed E-state index contributed by atoms with van der Waals surface area (Å²) >= 11 is 1.69. The standard InChI is InChI=1S/C13H7N3S/c1-2-4-9-8(3-1)5-10-13(16-9)12-11(17-10)6-14-7-15-12/h1-7H. The summed E-state index contributed by atoms with van der Waals surface area (Å²) < 4.78 is 2.25.